The van der Waals surface area contributed by atoms with Gasteiger partial charge < -0.3 is 10.5 Å². The van der Waals surface area contributed by atoms with Gasteiger partial charge in [0.25, 0.3) is 0 Å². The van der Waals surface area contributed by atoms with Crippen LogP contribution in [0.1, 0.15) is 43.8 Å². The number of nitrogens with two attached hydrogens (primary N) is 1. The van der Waals surface area contributed by atoms with Gasteiger partial charge in [0.2, 0.25) is 5.91 Å². The quantitative estimate of drug-likeness (QED) is 0.928. The van der Waals surface area contributed by atoms with Crippen molar-refractivity contribution in [1.82, 2.24) is 14.8 Å². The zero-order valence-electron chi connectivity index (χ0n) is 12.2. The van der Waals surface area contributed by atoms with Crippen molar-refractivity contribution >= 4 is 16.8 Å². The summed E-state index contributed by atoms with van der Waals surface area (Å²) >= 11 is 0. The molecule has 1 aliphatic heterocycles. The smallest absolute Gasteiger partial charge is 0.223 e. The van der Waals surface area contributed by atoms with Gasteiger partial charge in [-0.05, 0) is 31.7 Å². The highest BCUT2D eigenvalue weighted by Crippen LogP contribution is 2.28. The summed E-state index contributed by atoms with van der Waals surface area (Å²) in [4.78, 5) is 15.4. The van der Waals surface area contributed by atoms with Crippen LogP contribution in [0.15, 0.2) is 12.3 Å². The van der Waals surface area contributed by atoms with Crippen LogP contribution < -0.4 is 5.73 Å². The number of rotatable bonds is 4. The molecule has 0 aliphatic carbocycles. The molecule has 1 atom stereocenters. The van der Waals surface area contributed by atoms with Crippen molar-refractivity contribution in [3.8, 4) is 0 Å². The minimum Gasteiger partial charge on any atom is -0.369 e. The highest BCUT2D eigenvalue weighted by atomic mass is 16.5. The Hall–Kier alpha value is -1.95. The summed E-state index contributed by atoms with van der Waals surface area (Å²) in [6.45, 7) is 2.85. The molecule has 21 heavy (non-hydrogen) atoms. The van der Waals surface area contributed by atoms with Gasteiger partial charge in [0, 0.05) is 18.2 Å². The Balaban J connectivity index is 2.06. The molecule has 3 heterocycles. The summed E-state index contributed by atoms with van der Waals surface area (Å²) in [6, 6.07) is 1.91. The van der Waals surface area contributed by atoms with E-state index in [9.17, 15) is 4.79 Å². The lowest BCUT2D eigenvalue weighted by Crippen LogP contribution is -2.19. The molecule has 0 spiro atoms. The second kappa shape index (κ2) is 5.81. The molecular formula is C15H20N4O2. The lowest BCUT2D eigenvalue weighted by atomic mass is 10.1. The fourth-order valence-corrected chi connectivity index (χ4v) is 2.81. The fraction of sp³-hybridized carbons (Fsp3) is 0.533. The summed E-state index contributed by atoms with van der Waals surface area (Å²) in [6.07, 6.45) is 5.97. The molecule has 6 nitrogen and oxygen atoms in total. The van der Waals surface area contributed by atoms with Crippen LogP contribution >= 0.6 is 0 Å². The van der Waals surface area contributed by atoms with Crippen molar-refractivity contribution in [3.05, 3.63) is 23.7 Å². The van der Waals surface area contributed by atoms with Crippen LogP contribution in [0.2, 0.25) is 0 Å². The Morgan fingerprint density at radius 3 is 3.05 bits per heavy atom. The van der Waals surface area contributed by atoms with Crippen molar-refractivity contribution in [2.24, 2.45) is 5.73 Å². The van der Waals surface area contributed by atoms with E-state index in [0.29, 0.717) is 5.69 Å². The van der Waals surface area contributed by atoms with E-state index in [1.54, 1.807) is 6.20 Å². The molecule has 3 rings (SSSR count). The number of ether oxygens (including phenoxy) is 1. The zero-order chi connectivity index (χ0) is 14.8. The van der Waals surface area contributed by atoms with Crippen LogP contribution in [0, 0.1) is 0 Å². The number of aromatic nitrogens is 3. The maximum absolute atomic E-state index is 11.1. The molecule has 0 radical (unpaired) electrons. The highest BCUT2D eigenvalue weighted by molar-refractivity contribution is 5.83. The second-order valence-corrected chi connectivity index (χ2v) is 5.40. The van der Waals surface area contributed by atoms with Gasteiger partial charge in [0.05, 0.1) is 23.3 Å². The number of nitrogens with zero attached hydrogens (tertiary/aromatic N) is 3. The molecule has 0 bridgehead atoms. The van der Waals surface area contributed by atoms with Gasteiger partial charge in [0.1, 0.15) is 0 Å². The fourth-order valence-electron chi connectivity index (χ4n) is 2.81. The van der Waals surface area contributed by atoms with Crippen molar-refractivity contribution in [2.75, 3.05) is 6.61 Å². The van der Waals surface area contributed by atoms with Crippen LogP contribution in [0.5, 0.6) is 0 Å². The standard InChI is InChI=1S/C15H20N4O2/c1-2-12-11-9-17-10(8-14(16)20)7-13(11)19(18-12)15-5-3-4-6-21-15/h7,9,15H,2-6,8H2,1H3,(H2,16,20). The lowest BCUT2D eigenvalue weighted by molar-refractivity contribution is -0.117. The number of aryl methyl sites for hydroxylation is 1. The molecule has 1 aliphatic rings. The first kappa shape index (κ1) is 14.0. The van der Waals surface area contributed by atoms with Gasteiger partial charge in [0.15, 0.2) is 6.23 Å². The molecule has 6 heteroatoms. The summed E-state index contributed by atoms with van der Waals surface area (Å²) in [5.41, 5.74) is 7.92. The third-order valence-corrected chi connectivity index (χ3v) is 3.84. The predicted octanol–water partition coefficient (Wildman–Crippen LogP) is 1.72. The SMILES string of the molecule is CCc1nn(C2CCCCO2)c2cc(CC(N)=O)ncc12. The molecule has 1 fully saturated rings. The van der Waals surface area contributed by atoms with E-state index in [2.05, 4.69) is 17.0 Å². The monoisotopic (exact) mass is 288 g/mol. The number of carbonyl (C=O) groups excluding carboxylic acids is 1. The van der Waals surface area contributed by atoms with Crippen LogP contribution in [-0.4, -0.2) is 27.3 Å². The van der Waals surface area contributed by atoms with Gasteiger partial charge in [-0.3, -0.25) is 9.78 Å². The molecule has 1 unspecified atom stereocenters. The summed E-state index contributed by atoms with van der Waals surface area (Å²) in [7, 11) is 0. The van der Waals surface area contributed by atoms with E-state index >= 15 is 0 Å². The van der Waals surface area contributed by atoms with Gasteiger partial charge in [-0.2, -0.15) is 5.10 Å². The first-order chi connectivity index (χ1) is 10.2. The van der Waals surface area contributed by atoms with Gasteiger partial charge >= 0.3 is 0 Å². The lowest BCUT2D eigenvalue weighted by Gasteiger charge is -2.23. The third-order valence-electron chi connectivity index (χ3n) is 3.84. The summed E-state index contributed by atoms with van der Waals surface area (Å²) < 4.78 is 7.78. The molecule has 2 N–H and O–H groups in total. The third kappa shape index (κ3) is 2.76. The normalized spacial score (nSPS) is 19.0. The molecule has 0 saturated carbocycles. The topological polar surface area (TPSA) is 83.0 Å². The molecule has 1 saturated heterocycles. The summed E-state index contributed by atoms with van der Waals surface area (Å²) in [5, 5.41) is 5.71. The number of carbonyl (C=O) groups is 1. The second-order valence-electron chi connectivity index (χ2n) is 5.40. The minimum atomic E-state index is -0.377. The largest absolute Gasteiger partial charge is 0.369 e. The van der Waals surface area contributed by atoms with Crippen LogP contribution in [-0.2, 0) is 22.4 Å². The van der Waals surface area contributed by atoms with Crippen molar-refractivity contribution in [1.29, 1.82) is 0 Å². The van der Waals surface area contributed by atoms with Crippen molar-refractivity contribution in [3.63, 3.8) is 0 Å². The van der Waals surface area contributed by atoms with Crippen molar-refractivity contribution < 1.29 is 9.53 Å². The predicted molar refractivity (Wildman–Crippen MR) is 78.6 cm³/mol. The number of pyridine rings is 1. The van der Waals surface area contributed by atoms with E-state index in [0.717, 1.165) is 48.9 Å². The molecule has 2 aromatic rings. The average Bonchev–Trinajstić information content (AvgIpc) is 2.85. The van der Waals surface area contributed by atoms with E-state index in [4.69, 9.17) is 10.5 Å². The van der Waals surface area contributed by atoms with Crippen molar-refractivity contribution in [2.45, 2.75) is 45.3 Å². The summed E-state index contributed by atoms with van der Waals surface area (Å²) in [5.74, 6) is -0.377. The Bertz CT molecular complexity index is 659. The molecule has 0 aromatic carbocycles. The molecule has 2 aromatic heterocycles. The molecule has 112 valence electrons. The first-order valence-electron chi connectivity index (χ1n) is 7.45. The minimum absolute atomic E-state index is 0.0228. The van der Waals surface area contributed by atoms with Crippen LogP contribution in [0.25, 0.3) is 10.9 Å². The maximum atomic E-state index is 11.1. The number of hydrogen-bond acceptors (Lipinski definition) is 4. The van der Waals surface area contributed by atoms with E-state index in [-0.39, 0.29) is 18.6 Å². The molecular weight excluding hydrogens is 268 g/mol. The molecule has 1 amide bonds. The maximum Gasteiger partial charge on any atom is 0.223 e. The number of amides is 1. The Morgan fingerprint density at radius 1 is 1.52 bits per heavy atom. The van der Waals surface area contributed by atoms with Gasteiger partial charge in [-0.15, -0.1) is 0 Å². The Morgan fingerprint density at radius 2 is 2.38 bits per heavy atom. The first-order valence-corrected chi connectivity index (χ1v) is 7.45. The van der Waals surface area contributed by atoms with E-state index in [1.807, 2.05) is 10.7 Å². The highest BCUT2D eigenvalue weighted by Gasteiger charge is 2.21. The zero-order valence-corrected chi connectivity index (χ0v) is 12.2. The Labute approximate surface area is 123 Å². The average molecular weight is 288 g/mol. The number of hydrogen-bond donors (Lipinski definition) is 1. The van der Waals surface area contributed by atoms with Gasteiger partial charge in [-0.1, -0.05) is 6.92 Å². The number of primary amides is 1. The van der Waals surface area contributed by atoms with Gasteiger partial charge in [-0.25, -0.2) is 4.68 Å². The van der Waals surface area contributed by atoms with E-state index in [1.165, 1.54) is 0 Å². The van der Waals surface area contributed by atoms with E-state index < -0.39 is 0 Å². The van der Waals surface area contributed by atoms with Crippen LogP contribution in [0.4, 0.5) is 0 Å². The van der Waals surface area contributed by atoms with Crippen LogP contribution in [0.3, 0.4) is 0 Å². The number of fused-ring (bicyclic) bond motifs is 1. The Kier molecular flexibility index (Phi) is 3.88.